The summed E-state index contributed by atoms with van der Waals surface area (Å²) in [5.74, 6) is 0. The fraction of sp³-hybridized carbons (Fsp3) is 0.259. The van der Waals surface area contributed by atoms with Crippen molar-refractivity contribution in [2.75, 3.05) is 16.5 Å². The average molecular weight is 383 g/mol. The van der Waals surface area contributed by atoms with Crippen molar-refractivity contribution in [3.8, 4) is 0 Å². The summed E-state index contributed by atoms with van der Waals surface area (Å²) in [4.78, 5) is 4.88. The Morgan fingerprint density at radius 1 is 0.621 bits per heavy atom. The molecule has 3 aromatic rings. The monoisotopic (exact) mass is 382 g/mol. The molecule has 3 aromatic carbocycles. The van der Waals surface area contributed by atoms with Gasteiger partial charge < -0.3 is 9.80 Å². The van der Waals surface area contributed by atoms with Crippen LogP contribution >= 0.6 is 0 Å². The Kier molecular flexibility index (Phi) is 4.96. The summed E-state index contributed by atoms with van der Waals surface area (Å²) in [6.45, 7) is 14.1. The number of benzene rings is 3. The fourth-order valence-corrected chi connectivity index (χ4v) is 4.88. The van der Waals surface area contributed by atoms with Gasteiger partial charge in [0.2, 0.25) is 0 Å². The maximum absolute atomic E-state index is 2.47. The molecule has 0 saturated heterocycles. The van der Waals surface area contributed by atoms with Crippen LogP contribution in [0.4, 0.5) is 11.4 Å². The maximum Gasteiger partial charge on any atom is 0.0996 e. The van der Waals surface area contributed by atoms with Gasteiger partial charge in [-0.1, -0.05) is 65.7 Å². The summed E-state index contributed by atoms with van der Waals surface area (Å²) in [5.41, 5.74) is 13.1. The van der Waals surface area contributed by atoms with Gasteiger partial charge in [0.05, 0.1) is 12.4 Å². The lowest BCUT2D eigenvalue weighted by Crippen LogP contribution is -2.28. The molecule has 0 saturated carbocycles. The van der Waals surface area contributed by atoms with E-state index in [1.54, 1.807) is 0 Å². The second-order valence-electron chi connectivity index (χ2n) is 8.41. The normalized spacial score (nSPS) is 13.8. The summed E-state index contributed by atoms with van der Waals surface area (Å²) in [5, 5.41) is 0. The smallest absolute Gasteiger partial charge is 0.0996 e. The van der Waals surface area contributed by atoms with Crippen LogP contribution in [-0.2, 0) is 0 Å². The first-order chi connectivity index (χ1) is 13.8. The summed E-state index contributed by atoms with van der Waals surface area (Å²) < 4.78 is 0. The van der Waals surface area contributed by atoms with Crippen LogP contribution in [0.3, 0.4) is 0 Å². The first-order valence-corrected chi connectivity index (χ1v) is 10.3. The minimum Gasteiger partial charge on any atom is -0.327 e. The average Bonchev–Trinajstić information content (AvgIpc) is 3.05. The van der Waals surface area contributed by atoms with E-state index in [1.165, 1.54) is 56.0 Å². The number of rotatable bonds is 3. The number of nitrogens with zero attached hydrogens (tertiary/aromatic N) is 2. The van der Waals surface area contributed by atoms with Gasteiger partial charge in [-0.15, -0.1) is 0 Å². The molecule has 1 aliphatic rings. The van der Waals surface area contributed by atoms with Crippen LogP contribution < -0.4 is 9.80 Å². The number of hydrogen-bond donors (Lipinski definition) is 0. The molecule has 0 radical (unpaired) electrons. The lowest BCUT2D eigenvalue weighted by Gasteiger charge is -2.29. The minimum absolute atomic E-state index is 0.819. The zero-order valence-corrected chi connectivity index (χ0v) is 18.4. The number of aryl methyl sites for hydroxylation is 6. The third-order valence-corrected chi connectivity index (χ3v) is 5.76. The van der Waals surface area contributed by atoms with Gasteiger partial charge >= 0.3 is 0 Å². The van der Waals surface area contributed by atoms with Crippen molar-refractivity contribution in [1.82, 2.24) is 0 Å². The second-order valence-corrected chi connectivity index (χ2v) is 8.41. The maximum atomic E-state index is 2.47. The van der Waals surface area contributed by atoms with E-state index >= 15 is 0 Å². The zero-order valence-electron chi connectivity index (χ0n) is 18.4. The molecule has 4 rings (SSSR count). The molecular weight excluding hydrogens is 352 g/mol. The van der Waals surface area contributed by atoms with E-state index in [0.717, 1.165) is 6.67 Å². The molecule has 0 fully saturated rings. The molecule has 2 nitrogen and oxygen atoms in total. The predicted octanol–water partition coefficient (Wildman–Crippen LogP) is 6.82. The van der Waals surface area contributed by atoms with Crippen LogP contribution in [0.1, 0.15) is 38.9 Å². The molecule has 0 amide bonds. The van der Waals surface area contributed by atoms with Gasteiger partial charge in [-0.25, -0.2) is 0 Å². The van der Waals surface area contributed by atoms with Crippen molar-refractivity contribution in [2.45, 2.75) is 41.5 Å². The van der Waals surface area contributed by atoms with Crippen molar-refractivity contribution < 1.29 is 0 Å². The van der Waals surface area contributed by atoms with Crippen LogP contribution in [0.15, 0.2) is 60.8 Å². The van der Waals surface area contributed by atoms with E-state index in [4.69, 9.17) is 0 Å². The molecule has 0 N–H and O–H groups in total. The highest BCUT2D eigenvalue weighted by molar-refractivity contribution is 5.87. The third-order valence-electron chi connectivity index (χ3n) is 5.76. The SMILES string of the molecule is Cc1cc(C)c(N2C=C(c3ccccc3)N(c3c(C)cc(C)cc3C)C2)c(C)c1. The highest BCUT2D eigenvalue weighted by Crippen LogP contribution is 2.39. The molecule has 0 atom stereocenters. The van der Waals surface area contributed by atoms with Crippen LogP contribution in [0.2, 0.25) is 0 Å². The Balaban J connectivity index is 1.87. The summed E-state index contributed by atoms with van der Waals surface area (Å²) in [6, 6.07) is 19.9. The van der Waals surface area contributed by atoms with Gasteiger partial charge in [-0.05, 0) is 69.4 Å². The van der Waals surface area contributed by atoms with Crippen molar-refractivity contribution in [3.63, 3.8) is 0 Å². The lowest BCUT2D eigenvalue weighted by molar-refractivity contribution is 0.959. The van der Waals surface area contributed by atoms with Crippen molar-refractivity contribution in [1.29, 1.82) is 0 Å². The van der Waals surface area contributed by atoms with E-state index in [2.05, 4.69) is 112 Å². The lowest BCUT2D eigenvalue weighted by atomic mass is 10.0. The zero-order chi connectivity index (χ0) is 20.7. The quantitative estimate of drug-likeness (QED) is 0.490. The first-order valence-electron chi connectivity index (χ1n) is 10.3. The van der Waals surface area contributed by atoms with E-state index in [1.807, 2.05) is 0 Å². The van der Waals surface area contributed by atoms with Gasteiger partial charge in [0.15, 0.2) is 0 Å². The summed E-state index contributed by atoms with van der Waals surface area (Å²) in [6.07, 6.45) is 2.32. The Hall–Kier alpha value is -3.00. The molecule has 0 unspecified atom stereocenters. The molecule has 0 aromatic heterocycles. The largest absolute Gasteiger partial charge is 0.327 e. The molecule has 0 spiro atoms. The van der Waals surface area contributed by atoms with Crippen LogP contribution in [0.5, 0.6) is 0 Å². The van der Waals surface area contributed by atoms with Crippen molar-refractivity contribution in [3.05, 3.63) is 99.7 Å². The highest BCUT2D eigenvalue weighted by atomic mass is 15.4. The fourth-order valence-electron chi connectivity index (χ4n) is 4.88. The van der Waals surface area contributed by atoms with Gasteiger partial charge in [0.1, 0.15) is 0 Å². The van der Waals surface area contributed by atoms with Crippen LogP contribution in [0.25, 0.3) is 5.70 Å². The van der Waals surface area contributed by atoms with Crippen molar-refractivity contribution >= 4 is 17.1 Å². The van der Waals surface area contributed by atoms with Crippen molar-refractivity contribution in [2.24, 2.45) is 0 Å². The van der Waals surface area contributed by atoms with Crippen LogP contribution in [-0.4, -0.2) is 6.67 Å². The molecule has 1 aliphatic heterocycles. The van der Waals surface area contributed by atoms with Gasteiger partial charge in [-0.2, -0.15) is 0 Å². The Morgan fingerprint density at radius 2 is 1.10 bits per heavy atom. The van der Waals surface area contributed by atoms with Gasteiger partial charge in [0.25, 0.3) is 0 Å². The Morgan fingerprint density at radius 3 is 1.62 bits per heavy atom. The topological polar surface area (TPSA) is 6.48 Å². The molecule has 29 heavy (non-hydrogen) atoms. The number of anilines is 2. The standard InChI is InChI=1S/C27H30N2/c1-18-12-20(3)26(21(4)13-18)28-16-25(24-10-8-7-9-11-24)29(17-28)27-22(5)14-19(2)15-23(27)6/h7-16H,17H2,1-6H3. The number of hydrogen-bond acceptors (Lipinski definition) is 2. The van der Waals surface area contributed by atoms with Gasteiger partial charge in [0, 0.05) is 17.6 Å². The molecule has 1 heterocycles. The molecule has 2 heteroatoms. The van der Waals surface area contributed by atoms with E-state index in [-0.39, 0.29) is 0 Å². The second kappa shape index (κ2) is 7.44. The highest BCUT2D eigenvalue weighted by Gasteiger charge is 2.28. The third kappa shape index (κ3) is 3.55. The summed E-state index contributed by atoms with van der Waals surface area (Å²) in [7, 11) is 0. The van der Waals surface area contributed by atoms with E-state index < -0.39 is 0 Å². The van der Waals surface area contributed by atoms with Gasteiger partial charge in [-0.3, -0.25) is 0 Å². The predicted molar refractivity (Wildman–Crippen MR) is 126 cm³/mol. The van der Waals surface area contributed by atoms with E-state index in [0.29, 0.717) is 0 Å². The van der Waals surface area contributed by atoms with E-state index in [9.17, 15) is 0 Å². The molecule has 0 bridgehead atoms. The molecular formula is C27H30N2. The Bertz CT molecular complexity index is 1050. The first kappa shape index (κ1) is 19.3. The Labute approximate surface area is 175 Å². The molecule has 148 valence electrons. The minimum atomic E-state index is 0.819. The van der Waals surface area contributed by atoms with Crippen LogP contribution in [0, 0.1) is 41.5 Å². The molecule has 0 aliphatic carbocycles. The summed E-state index contributed by atoms with van der Waals surface area (Å²) >= 11 is 0.